The van der Waals surface area contributed by atoms with Crippen LogP contribution in [0, 0.1) is 0 Å². The molecule has 0 saturated heterocycles. The summed E-state index contributed by atoms with van der Waals surface area (Å²) in [5, 5.41) is 4.95. The van der Waals surface area contributed by atoms with Crippen molar-refractivity contribution < 1.29 is 13.2 Å². The van der Waals surface area contributed by atoms with Crippen molar-refractivity contribution in [2.24, 2.45) is 0 Å². The van der Waals surface area contributed by atoms with Crippen LogP contribution in [0.15, 0.2) is 40.6 Å². The topological polar surface area (TPSA) is 69.7 Å². The van der Waals surface area contributed by atoms with E-state index in [0.717, 1.165) is 17.3 Å². The molecule has 0 radical (unpaired) electrons. The van der Waals surface area contributed by atoms with Gasteiger partial charge in [-0.15, -0.1) is 11.3 Å². The van der Waals surface area contributed by atoms with E-state index in [-0.39, 0.29) is 16.8 Å². The van der Waals surface area contributed by atoms with Gasteiger partial charge in [0.2, 0.25) is 15.9 Å². The summed E-state index contributed by atoms with van der Waals surface area (Å²) in [6.07, 6.45) is 0.974. The minimum atomic E-state index is -3.46. The molecule has 0 saturated carbocycles. The predicted octanol–water partition coefficient (Wildman–Crippen LogP) is 2.56. The van der Waals surface area contributed by atoms with Crippen LogP contribution in [-0.4, -0.2) is 50.7 Å². The van der Waals surface area contributed by atoms with E-state index in [4.69, 9.17) is 0 Å². The fraction of sp³-hybridized carbons (Fsp3) is 0.389. The molecule has 0 spiro atoms. The summed E-state index contributed by atoms with van der Waals surface area (Å²) in [5.41, 5.74) is 1.90. The third-order valence-corrected chi connectivity index (χ3v) is 7.49. The van der Waals surface area contributed by atoms with Gasteiger partial charge in [0.05, 0.1) is 11.4 Å². The van der Waals surface area contributed by atoms with Crippen molar-refractivity contribution in [1.82, 2.24) is 9.21 Å². The third-order valence-electron chi connectivity index (χ3n) is 4.67. The summed E-state index contributed by atoms with van der Waals surface area (Å²) in [4.78, 5) is 16.2. The monoisotopic (exact) mass is 393 g/mol. The molecule has 1 aliphatic rings. The molecule has 0 aliphatic carbocycles. The highest BCUT2D eigenvalue weighted by atomic mass is 32.2. The van der Waals surface area contributed by atoms with E-state index < -0.39 is 10.0 Å². The summed E-state index contributed by atoms with van der Waals surface area (Å²) >= 11 is 1.78. The molecule has 1 aromatic heterocycles. The Hall–Kier alpha value is -1.74. The van der Waals surface area contributed by atoms with E-state index >= 15 is 0 Å². The second kappa shape index (κ2) is 7.48. The highest BCUT2D eigenvalue weighted by Gasteiger charge is 2.26. The van der Waals surface area contributed by atoms with Gasteiger partial charge >= 0.3 is 0 Å². The zero-order valence-electron chi connectivity index (χ0n) is 15.1. The summed E-state index contributed by atoms with van der Waals surface area (Å²) in [7, 11) is -0.482. The van der Waals surface area contributed by atoms with E-state index in [0.29, 0.717) is 12.2 Å². The first-order valence-corrected chi connectivity index (χ1v) is 10.7. The number of sulfonamides is 1. The lowest BCUT2D eigenvalue weighted by Crippen LogP contribution is -2.39. The zero-order valence-corrected chi connectivity index (χ0v) is 16.7. The molecule has 1 aliphatic heterocycles. The smallest absolute Gasteiger partial charge is 0.242 e. The quantitative estimate of drug-likeness (QED) is 0.848. The lowest BCUT2D eigenvalue weighted by atomic mass is 10.0. The van der Waals surface area contributed by atoms with Crippen LogP contribution in [0.5, 0.6) is 0 Å². The molecule has 3 rings (SSSR count). The maximum Gasteiger partial charge on any atom is 0.242 e. The number of nitrogens with zero attached hydrogens (tertiary/aromatic N) is 2. The van der Waals surface area contributed by atoms with Gasteiger partial charge in [0, 0.05) is 37.2 Å². The second-order valence-electron chi connectivity index (χ2n) is 6.56. The molecule has 8 heteroatoms. The first kappa shape index (κ1) is 19.0. The number of hydrogen-bond acceptors (Lipinski definition) is 5. The molecular formula is C18H23N3O3S2. The number of anilines is 1. The fourth-order valence-electron chi connectivity index (χ4n) is 3.08. The van der Waals surface area contributed by atoms with Crippen LogP contribution in [0.4, 0.5) is 5.69 Å². The lowest BCUT2D eigenvalue weighted by Gasteiger charge is -2.32. The van der Waals surface area contributed by atoms with Crippen molar-refractivity contribution in [3.63, 3.8) is 0 Å². The highest BCUT2D eigenvalue weighted by molar-refractivity contribution is 7.89. The van der Waals surface area contributed by atoms with Gasteiger partial charge in [0.25, 0.3) is 0 Å². The Morgan fingerprint density at radius 3 is 2.62 bits per heavy atom. The molecule has 140 valence electrons. The number of thiophene rings is 1. The molecule has 1 atom stereocenters. The van der Waals surface area contributed by atoms with Crippen molar-refractivity contribution in [2.75, 3.05) is 32.5 Å². The molecule has 26 heavy (non-hydrogen) atoms. The van der Waals surface area contributed by atoms with Gasteiger partial charge in [-0.3, -0.25) is 9.69 Å². The van der Waals surface area contributed by atoms with Crippen molar-refractivity contribution in [1.29, 1.82) is 0 Å². The maximum atomic E-state index is 12.4. The lowest BCUT2D eigenvalue weighted by molar-refractivity contribution is -0.117. The number of rotatable bonds is 5. The molecule has 1 N–H and O–H groups in total. The van der Waals surface area contributed by atoms with E-state index in [1.165, 1.54) is 36.7 Å². The number of carbonyl (C=O) groups excluding carboxylic acids is 1. The molecular weight excluding hydrogens is 370 g/mol. The Bertz CT molecular complexity index is 889. The Labute approximate surface area is 158 Å². The predicted molar refractivity (Wildman–Crippen MR) is 104 cm³/mol. The zero-order chi connectivity index (χ0) is 18.9. The number of nitrogens with one attached hydrogen (secondary N) is 1. The fourth-order valence-corrected chi connectivity index (χ4v) is 4.95. The van der Waals surface area contributed by atoms with Crippen LogP contribution < -0.4 is 5.32 Å². The largest absolute Gasteiger partial charge is 0.325 e. The number of carbonyl (C=O) groups is 1. The molecule has 0 fully saturated rings. The van der Waals surface area contributed by atoms with Crippen molar-refractivity contribution in [2.45, 2.75) is 24.3 Å². The van der Waals surface area contributed by atoms with Gasteiger partial charge in [-0.2, -0.15) is 0 Å². The van der Waals surface area contributed by atoms with Crippen LogP contribution in [0.2, 0.25) is 0 Å². The molecule has 1 amide bonds. The van der Waals surface area contributed by atoms with Gasteiger partial charge in [0.1, 0.15) is 0 Å². The second-order valence-corrected chi connectivity index (χ2v) is 9.71. The van der Waals surface area contributed by atoms with Crippen LogP contribution in [0.25, 0.3) is 0 Å². The Kier molecular flexibility index (Phi) is 5.47. The maximum absolute atomic E-state index is 12.4. The van der Waals surface area contributed by atoms with Crippen molar-refractivity contribution in [3.05, 3.63) is 46.2 Å². The van der Waals surface area contributed by atoms with Gasteiger partial charge in [-0.25, -0.2) is 12.7 Å². The van der Waals surface area contributed by atoms with E-state index in [2.05, 4.69) is 28.6 Å². The Balaban J connectivity index is 1.62. The number of benzene rings is 1. The Morgan fingerprint density at radius 1 is 1.27 bits per heavy atom. The standard InChI is InChI=1S/C18H23N3O3S2/c1-13-16-9-11-25-17(16)8-10-21(13)12-18(22)19-14-4-6-15(7-5-14)26(23,24)20(2)3/h4-7,9,11,13H,8,10,12H2,1-3H3,(H,19,22)/t13-/m1/s1. The Morgan fingerprint density at radius 2 is 1.96 bits per heavy atom. The molecule has 0 bridgehead atoms. The van der Waals surface area contributed by atoms with E-state index in [1.807, 2.05) is 0 Å². The van der Waals surface area contributed by atoms with Crippen LogP contribution in [0.1, 0.15) is 23.4 Å². The first-order valence-electron chi connectivity index (χ1n) is 8.42. The van der Waals surface area contributed by atoms with Crippen LogP contribution in [0.3, 0.4) is 0 Å². The van der Waals surface area contributed by atoms with Gasteiger partial charge in [-0.05, 0) is 54.6 Å². The third kappa shape index (κ3) is 3.83. The summed E-state index contributed by atoms with van der Waals surface area (Å²) in [5.74, 6) is -0.0984. The number of hydrogen-bond donors (Lipinski definition) is 1. The van der Waals surface area contributed by atoms with Crippen LogP contribution >= 0.6 is 11.3 Å². The summed E-state index contributed by atoms with van der Waals surface area (Å²) < 4.78 is 25.3. The summed E-state index contributed by atoms with van der Waals surface area (Å²) in [6.45, 7) is 3.30. The van der Waals surface area contributed by atoms with Gasteiger partial charge in [0.15, 0.2) is 0 Å². The number of amides is 1. The van der Waals surface area contributed by atoms with E-state index in [9.17, 15) is 13.2 Å². The van der Waals surface area contributed by atoms with Crippen molar-refractivity contribution >= 4 is 33.0 Å². The summed E-state index contributed by atoms with van der Waals surface area (Å²) in [6, 6.07) is 8.61. The highest BCUT2D eigenvalue weighted by Crippen LogP contribution is 2.32. The average molecular weight is 394 g/mol. The van der Waals surface area contributed by atoms with Gasteiger partial charge < -0.3 is 5.32 Å². The number of fused-ring (bicyclic) bond motifs is 1. The van der Waals surface area contributed by atoms with Gasteiger partial charge in [-0.1, -0.05) is 0 Å². The van der Waals surface area contributed by atoms with E-state index in [1.54, 1.807) is 23.5 Å². The minimum absolute atomic E-state index is 0.0984. The molecule has 2 aromatic rings. The molecule has 0 unspecified atom stereocenters. The first-order chi connectivity index (χ1) is 12.3. The normalized spacial score (nSPS) is 17.9. The molecule has 6 nitrogen and oxygen atoms in total. The molecule has 1 aromatic carbocycles. The average Bonchev–Trinajstić information content (AvgIpc) is 3.07. The minimum Gasteiger partial charge on any atom is -0.325 e. The SMILES string of the molecule is C[C@@H]1c2ccsc2CCN1CC(=O)Nc1ccc(S(=O)(=O)N(C)C)cc1. The molecule has 2 heterocycles. The van der Waals surface area contributed by atoms with Crippen molar-refractivity contribution in [3.8, 4) is 0 Å². The van der Waals surface area contributed by atoms with Crippen LogP contribution in [-0.2, 0) is 21.2 Å².